The number of nitrogens with one attached hydrogen (secondary N) is 1. The molecule has 0 unspecified atom stereocenters. The number of aliphatic hydroxyl groups is 1. The molecule has 1 aliphatic carbocycles. The van der Waals surface area contributed by atoms with Gasteiger partial charge in [-0.15, -0.1) is 11.3 Å². The van der Waals surface area contributed by atoms with Gasteiger partial charge in [0.05, 0.1) is 6.10 Å². The van der Waals surface area contributed by atoms with Crippen molar-refractivity contribution in [3.05, 3.63) is 16.6 Å². The first-order valence-corrected chi connectivity index (χ1v) is 6.04. The van der Waals surface area contributed by atoms with Gasteiger partial charge >= 0.3 is 0 Å². The third-order valence-electron chi connectivity index (χ3n) is 2.73. The molecule has 1 aromatic rings. The summed E-state index contributed by atoms with van der Waals surface area (Å²) in [6.07, 6.45) is 6.08. The van der Waals surface area contributed by atoms with Gasteiger partial charge in [0.2, 0.25) is 0 Å². The Balaban J connectivity index is 1.79. The molecule has 2 N–H and O–H groups in total. The van der Waals surface area contributed by atoms with E-state index in [1.165, 1.54) is 6.42 Å². The summed E-state index contributed by atoms with van der Waals surface area (Å²) in [4.78, 5) is 4.20. The Hall–Kier alpha value is -0.450. The van der Waals surface area contributed by atoms with E-state index in [2.05, 4.69) is 10.3 Å². The summed E-state index contributed by atoms with van der Waals surface area (Å²) in [6, 6.07) is 0.271. The van der Waals surface area contributed by atoms with E-state index in [1.807, 2.05) is 11.6 Å². The molecular weight excluding hydrogens is 196 g/mol. The topological polar surface area (TPSA) is 45.1 Å². The van der Waals surface area contributed by atoms with Crippen molar-refractivity contribution in [1.82, 2.24) is 10.3 Å². The minimum absolute atomic E-state index is 0.163. The van der Waals surface area contributed by atoms with Crippen molar-refractivity contribution >= 4 is 11.3 Å². The molecule has 4 heteroatoms. The highest BCUT2D eigenvalue weighted by atomic mass is 32.1. The molecule has 2 atom stereocenters. The minimum atomic E-state index is -0.163. The first-order valence-electron chi connectivity index (χ1n) is 5.16. The molecule has 0 radical (unpaired) electrons. The van der Waals surface area contributed by atoms with Crippen LogP contribution in [0.5, 0.6) is 0 Å². The standard InChI is InChI=1S/C10H16N2OS/c13-9-4-2-1-3-8(9)12-7-10-11-5-6-14-10/h5-6,8-9,12-13H,1-4,7H2/t8-,9-/m0/s1. The zero-order chi connectivity index (χ0) is 9.80. The van der Waals surface area contributed by atoms with Crippen molar-refractivity contribution in [3.8, 4) is 0 Å². The van der Waals surface area contributed by atoms with E-state index in [0.717, 1.165) is 30.8 Å². The lowest BCUT2D eigenvalue weighted by molar-refractivity contribution is 0.0902. The maximum atomic E-state index is 9.72. The predicted octanol–water partition coefficient (Wildman–Crippen LogP) is 1.54. The lowest BCUT2D eigenvalue weighted by atomic mass is 9.93. The first kappa shape index (κ1) is 10.1. The first-order chi connectivity index (χ1) is 6.86. The van der Waals surface area contributed by atoms with Gasteiger partial charge in [0.25, 0.3) is 0 Å². The lowest BCUT2D eigenvalue weighted by Gasteiger charge is -2.28. The molecule has 0 aliphatic heterocycles. The number of aromatic nitrogens is 1. The quantitative estimate of drug-likeness (QED) is 0.799. The molecule has 1 saturated carbocycles. The van der Waals surface area contributed by atoms with Crippen LogP contribution in [0.15, 0.2) is 11.6 Å². The van der Waals surface area contributed by atoms with Crippen molar-refractivity contribution in [2.45, 2.75) is 44.4 Å². The molecule has 0 saturated heterocycles. The minimum Gasteiger partial charge on any atom is -0.392 e. The SMILES string of the molecule is O[C@H]1CCCC[C@@H]1NCc1nccs1. The molecule has 0 amide bonds. The highest BCUT2D eigenvalue weighted by Crippen LogP contribution is 2.18. The molecule has 3 nitrogen and oxygen atoms in total. The van der Waals surface area contributed by atoms with Gasteiger partial charge in [-0.3, -0.25) is 0 Å². The van der Waals surface area contributed by atoms with Crippen LogP contribution in [0.25, 0.3) is 0 Å². The Morgan fingerprint density at radius 2 is 2.36 bits per heavy atom. The fraction of sp³-hybridized carbons (Fsp3) is 0.700. The van der Waals surface area contributed by atoms with Crippen molar-refractivity contribution in [1.29, 1.82) is 0 Å². The van der Waals surface area contributed by atoms with Gasteiger partial charge in [0, 0.05) is 24.2 Å². The number of rotatable bonds is 3. The summed E-state index contributed by atoms with van der Waals surface area (Å²) in [5, 5.41) is 16.2. The van der Waals surface area contributed by atoms with Gasteiger partial charge in [-0.25, -0.2) is 4.98 Å². The van der Waals surface area contributed by atoms with E-state index >= 15 is 0 Å². The average Bonchev–Trinajstić information content (AvgIpc) is 2.69. The molecule has 78 valence electrons. The molecule has 0 bridgehead atoms. The van der Waals surface area contributed by atoms with Crippen LogP contribution in [0.2, 0.25) is 0 Å². The second-order valence-electron chi connectivity index (χ2n) is 3.77. The fourth-order valence-corrected chi connectivity index (χ4v) is 2.48. The predicted molar refractivity (Wildman–Crippen MR) is 57.2 cm³/mol. The van der Waals surface area contributed by atoms with Crippen LogP contribution in [0.4, 0.5) is 0 Å². The average molecular weight is 212 g/mol. The van der Waals surface area contributed by atoms with Gasteiger partial charge in [-0.05, 0) is 12.8 Å². The summed E-state index contributed by atoms with van der Waals surface area (Å²) < 4.78 is 0. The van der Waals surface area contributed by atoms with Gasteiger partial charge in [0.15, 0.2) is 0 Å². The summed E-state index contributed by atoms with van der Waals surface area (Å²) >= 11 is 1.66. The highest BCUT2D eigenvalue weighted by molar-refractivity contribution is 7.09. The molecule has 1 fully saturated rings. The molecular formula is C10H16N2OS. The Morgan fingerprint density at radius 1 is 1.50 bits per heavy atom. The van der Waals surface area contributed by atoms with Gasteiger partial charge in [-0.2, -0.15) is 0 Å². The number of hydrogen-bond acceptors (Lipinski definition) is 4. The third kappa shape index (κ3) is 2.53. The monoisotopic (exact) mass is 212 g/mol. The second-order valence-corrected chi connectivity index (χ2v) is 4.74. The van der Waals surface area contributed by atoms with Crippen molar-refractivity contribution < 1.29 is 5.11 Å². The third-order valence-corrected chi connectivity index (χ3v) is 3.51. The van der Waals surface area contributed by atoms with Crippen molar-refractivity contribution in [2.75, 3.05) is 0 Å². The number of hydrogen-bond donors (Lipinski definition) is 2. The molecule has 0 aromatic carbocycles. The van der Waals surface area contributed by atoms with Gasteiger partial charge < -0.3 is 10.4 Å². The van der Waals surface area contributed by atoms with Gasteiger partial charge in [0.1, 0.15) is 5.01 Å². The summed E-state index contributed by atoms with van der Waals surface area (Å²) in [5.41, 5.74) is 0. The molecule has 2 rings (SSSR count). The number of thiazole rings is 1. The van der Waals surface area contributed by atoms with Crippen LogP contribution in [0, 0.1) is 0 Å². The van der Waals surface area contributed by atoms with E-state index in [9.17, 15) is 5.11 Å². The molecule has 1 heterocycles. The Labute approximate surface area is 88.2 Å². The molecule has 14 heavy (non-hydrogen) atoms. The summed E-state index contributed by atoms with van der Waals surface area (Å²) in [5.74, 6) is 0. The zero-order valence-electron chi connectivity index (χ0n) is 8.15. The van der Waals surface area contributed by atoms with Crippen LogP contribution in [0.1, 0.15) is 30.7 Å². The van der Waals surface area contributed by atoms with Gasteiger partial charge in [-0.1, -0.05) is 12.8 Å². The normalized spacial score (nSPS) is 27.8. The van der Waals surface area contributed by atoms with Crippen LogP contribution >= 0.6 is 11.3 Å². The van der Waals surface area contributed by atoms with E-state index in [1.54, 1.807) is 11.3 Å². The van der Waals surface area contributed by atoms with Crippen LogP contribution in [0.3, 0.4) is 0 Å². The summed E-state index contributed by atoms with van der Waals surface area (Å²) in [6.45, 7) is 0.791. The maximum absolute atomic E-state index is 9.72. The van der Waals surface area contributed by atoms with Crippen LogP contribution in [-0.2, 0) is 6.54 Å². The maximum Gasteiger partial charge on any atom is 0.106 e. The Kier molecular flexibility index (Phi) is 3.50. The van der Waals surface area contributed by atoms with E-state index in [4.69, 9.17) is 0 Å². The molecule has 0 spiro atoms. The summed E-state index contributed by atoms with van der Waals surface area (Å²) in [7, 11) is 0. The van der Waals surface area contributed by atoms with E-state index in [-0.39, 0.29) is 12.1 Å². The van der Waals surface area contributed by atoms with Crippen molar-refractivity contribution in [3.63, 3.8) is 0 Å². The highest BCUT2D eigenvalue weighted by Gasteiger charge is 2.22. The van der Waals surface area contributed by atoms with E-state index < -0.39 is 0 Å². The largest absolute Gasteiger partial charge is 0.392 e. The second kappa shape index (κ2) is 4.87. The lowest BCUT2D eigenvalue weighted by Crippen LogP contribution is -2.41. The number of nitrogens with zero attached hydrogens (tertiary/aromatic N) is 1. The smallest absolute Gasteiger partial charge is 0.106 e. The van der Waals surface area contributed by atoms with Crippen LogP contribution in [-0.4, -0.2) is 22.2 Å². The fourth-order valence-electron chi connectivity index (χ4n) is 1.91. The van der Waals surface area contributed by atoms with Crippen LogP contribution < -0.4 is 5.32 Å². The van der Waals surface area contributed by atoms with Crippen molar-refractivity contribution in [2.24, 2.45) is 0 Å². The molecule has 1 aliphatic rings. The molecule has 1 aromatic heterocycles. The number of aliphatic hydroxyl groups excluding tert-OH is 1. The zero-order valence-corrected chi connectivity index (χ0v) is 8.96. The Bertz CT molecular complexity index is 263. The Morgan fingerprint density at radius 3 is 3.07 bits per heavy atom. The van der Waals surface area contributed by atoms with E-state index in [0.29, 0.717) is 0 Å².